The first-order valence-electron chi connectivity index (χ1n) is 11.7. The van der Waals surface area contributed by atoms with Gasteiger partial charge in [-0.2, -0.15) is 0 Å². The van der Waals surface area contributed by atoms with Crippen molar-refractivity contribution in [2.24, 2.45) is 17.8 Å². The van der Waals surface area contributed by atoms with E-state index >= 15 is 0 Å². The molecule has 4 nitrogen and oxygen atoms in total. The smallest absolute Gasteiger partial charge is 0.0705 e. The molecule has 0 aliphatic carbocycles. The van der Waals surface area contributed by atoms with E-state index < -0.39 is 0 Å². The second kappa shape index (κ2) is 12.4. The van der Waals surface area contributed by atoms with Crippen molar-refractivity contribution in [3.63, 3.8) is 0 Å². The average molecular weight is 382 g/mol. The quantitative estimate of drug-likeness (QED) is 0.542. The van der Waals surface area contributed by atoms with Crippen LogP contribution in [0.15, 0.2) is 0 Å². The number of rotatable bonds is 11. The number of piperidine rings is 1. The van der Waals surface area contributed by atoms with Gasteiger partial charge in [-0.3, -0.25) is 4.90 Å². The Kier molecular flexibility index (Phi) is 10.6. The van der Waals surface area contributed by atoms with Gasteiger partial charge in [0.15, 0.2) is 0 Å². The van der Waals surface area contributed by atoms with Crippen LogP contribution >= 0.6 is 0 Å². The van der Waals surface area contributed by atoms with E-state index in [-0.39, 0.29) is 0 Å². The van der Waals surface area contributed by atoms with Crippen LogP contribution in [-0.4, -0.2) is 86.8 Å². The average Bonchev–Trinajstić information content (AvgIpc) is 2.60. The van der Waals surface area contributed by atoms with Crippen molar-refractivity contribution in [3.8, 4) is 0 Å². The number of morpholine rings is 1. The molecule has 160 valence electrons. The van der Waals surface area contributed by atoms with Crippen molar-refractivity contribution in [3.05, 3.63) is 0 Å². The predicted octanol–water partition coefficient (Wildman–Crippen LogP) is 3.81. The molecule has 0 saturated carbocycles. The van der Waals surface area contributed by atoms with Gasteiger partial charge in [0.25, 0.3) is 0 Å². The zero-order chi connectivity index (χ0) is 19.6. The number of hydrogen-bond acceptors (Lipinski definition) is 4. The summed E-state index contributed by atoms with van der Waals surface area (Å²) in [4.78, 5) is 7.82. The van der Waals surface area contributed by atoms with Crippen molar-refractivity contribution < 1.29 is 4.74 Å². The number of ether oxygens (including phenoxy) is 1. The zero-order valence-electron chi connectivity index (χ0n) is 19.0. The number of hydrogen-bond donors (Lipinski definition) is 0. The third-order valence-electron chi connectivity index (χ3n) is 6.16. The first-order chi connectivity index (χ1) is 12.9. The Bertz CT molecular complexity index is 384. The van der Waals surface area contributed by atoms with Crippen LogP contribution in [0.1, 0.15) is 59.8 Å². The van der Waals surface area contributed by atoms with Crippen LogP contribution in [0.5, 0.6) is 0 Å². The molecular weight excluding hydrogens is 334 g/mol. The highest BCUT2D eigenvalue weighted by molar-refractivity contribution is 4.75. The van der Waals surface area contributed by atoms with E-state index in [1.165, 1.54) is 71.4 Å². The van der Waals surface area contributed by atoms with Gasteiger partial charge in [-0.15, -0.1) is 0 Å². The van der Waals surface area contributed by atoms with E-state index in [1.54, 1.807) is 0 Å². The SMILES string of the molecule is CC(C)CN1CCOC(CC(C)CN(C)CCC(C)CN2CCCCC2)C1. The number of likely N-dealkylation sites (tertiary alicyclic amines) is 1. The molecule has 0 spiro atoms. The predicted molar refractivity (Wildman–Crippen MR) is 116 cm³/mol. The minimum atomic E-state index is 0.430. The summed E-state index contributed by atoms with van der Waals surface area (Å²) in [5.41, 5.74) is 0. The summed E-state index contributed by atoms with van der Waals surface area (Å²) in [5.74, 6) is 2.27. The Morgan fingerprint density at radius 1 is 0.926 bits per heavy atom. The molecule has 2 fully saturated rings. The summed E-state index contributed by atoms with van der Waals surface area (Å²) in [6.45, 7) is 20.2. The fraction of sp³-hybridized carbons (Fsp3) is 1.00. The van der Waals surface area contributed by atoms with E-state index in [0.717, 1.165) is 31.5 Å². The summed E-state index contributed by atoms with van der Waals surface area (Å²) in [6, 6.07) is 0. The maximum Gasteiger partial charge on any atom is 0.0705 e. The van der Waals surface area contributed by atoms with E-state index in [9.17, 15) is 0 Å². The lowest BCUT2D eigenvalue weighted by atomic mass is 10.0. The lowest BCUT2D eigenvalue weighted by Crippen LogP contribution is -2.45. The molecule has 2 saturated heterocycles. The first-order valence-corrected chi connectivity index (χ1v) is 11.7. The Labute approximate surface area is 169 Å². The van der Waals surface area contributed by atoms with Gasteiger partial charge in [-0.1, -0.05) is 34.1 Å². The molecular formula is C23H47N3O. The molecule has 2 heterocycles. The Balaban J connectivity index is 1.59. The molecule has 3 atom stereocenters. The van der Waals surface area contributed by atoms with Gasteiger partial charge in [0, 0.05) is 32.7 Å². The summed E-state index contributed by atoms with van der Waals surface area (Å²) in [7, 11) is 2.30. The van der Waals surface area contributed by atoms with E-state index in [4.69, 9.17) is 4.74 Å². The molecule has 4 heteroatoms. The van der Waals surface area contributed by atoms with Crippen molar-refractivity contribution in [1.82, 2.24) is 14.7 Å². The second-order valence-corrected chi connectivity index (χ2v) is 10.0. The van der Waals surface area contributed by atoms with Crippen molar-refractivity contribution in [2.45, 2.75) is 65.9 Å². The summed E-state index contributed by atoms with van der Waals surface area (Å²) < 4.78 is 6.06. The number of nitrogens with zero attached hydrogens (tertiary/aromatic N) is 3. The second-order valence-electron chi connectivity index (χ2n) is 10.0. The third kappa shape index (κ3) is 9.74. The van der Waals surface area contributed by atoms with Gasteiger partial charge in [0.2, 0.25) is 0 Å². The fourth-order valence-corrected chi connectivity index (χ4v) is 4.87. The molecule has 0 N–H and O–H groups in total. The van der Waals surface area contributed by atoms with E-state index in [2.05, 4.69) is 49.4 Å². The van der Waals surface area contributed by atoms with E-state index in [1.807, 2.05) is 0 Å². The van der Waals surface area contributed by atoms with Gasteiger partial charge >= 0.3 is 0 Å². The summed E-state index contributed by atoms with van der Waals surface area (Å²) >= 11 is 0. The maximum atomic E-state index is 6.06. The lowest BCUT2D eigenvalue weighted by molar-refractivity contribution is -0.0424. The minimum Gasteiger partial charge on any atom is -0.376 e. The van der Waals surface area contributed by atoms with Gasteiger partial charge in [-0.05, 0) is 70.1 Å². The molecule has 0 radical (unpaired) electrons. The normalized spacial score (nSPS) is 25.2. The van der Waals surface area contributed by atoms with Crippen LogP contribution in [0.4, 0.5) is 0 Å². The first kappa shape index (κ1) is 23.1. The van der Waals surface area contributed by atoms with Gasteiger partial charge in [0.05, 0.1) is 12.7 Å². The zero-order valence-corrected chi connectivity index (χ0v) is 19.0. The molecule has 27 heavy (non-hydrogen) atoms. The fourth-order valence-electron chi connectivity index (χ4n) is 4.87. The highest BCUT2D eigenvalue weighted by atomic mass is 16.5. The van der Waals surface area contributed by atoms with Gasteiger partial charge in [0.1, 0.15) is 0 Å². The molecule has 3 unspecified atom stereocenters. The maximum absolute atomic E-state index is 6.06. The van der Waals surface area contributed by atoms with Crippen LogP contribution < -0.4 is 0 Å². The molecule has 2 rings (SSSR count). The highest BCUT2D eigenvalue weighted by Crippen LogP contribution is 2.17. The Hall–Kier alpha value is -0.160. The molecule has 2 aliphatic heterocycles. The van der Waals surface area contributed by atoms with E-state index in [0.29, 0.717) is 12.0 Å². The topological polar surface area (TPSA) is 19.0 Å². The molecule has 2 aliphatic rings. The molecule has 0 aromatic heterocycles. The third-order valence-corrected chi connectivity index (χ3v) is 6.16. The molecule has 0 bridgehead atoms. The van der Waals surface area contributed by atoms with Crippen molar-refractivity contribution >= 4 is 0 Å². The summed E-state index contributed by atoms with van der Waals surface area (Å²) in [6.07, 6.45) is 7.19. The van der Waals surface area contributed by atoms with Gasteiger partial charge < -0.3 is 14.5 Å². The lowest BCUT2D eigenvalue weighted by Gasteiger charge is -2.35. The van der Waals surface area contributed by atoms with Crippen LogP contribution in [-0.2, 0) is 4.74 Å². The Morgan fingerprint density at radius 3 is 2.37 bits per heavy atom. The molecule has 0 aromatic rings. The monoisotopic (exact) mass is 381 g/mol. The van der Waals surface area contributed by atoms with Gasteiger partial charge in [-0.25, -0.2) is 0 Å². The highest BCUT2D eigenvalue weighted by Gasteiger charge is 2.23. The van der Waals surface area contributed by atoms with Crippen molar-refractivity contribution in [1.29, 1.82) is 0 Å². The molecule has 0 aromatic carbocycles. The Morgan fingerprint density at radius 2 is 1.67 bits per heavy atom. The van der Waals surface area contributed by atoms with Crippen LogP contribution in [0.2, 0.25) is 0 Å². The molecule has 0 amide bonds. The van der Waals surface area contributed by atoms with Crippen LogP contribution in [0.3, 0.4) is 0 Å². The van der Waals surface area contributed by atoms with Crippen molar-refractivity contribution in [2.75, 3.05) is 66.0 Å². The van der Waals surface area contributed by atoms with Crippen LogP contribution in [0.25, 0.3) is 0 Å². The largest absolute Gasteiger partial charge is 0.376 e. The summed E-state index contributed by atoms with van der Waals surface area (Å²) in [5, 5.41) is 0. The minimum absolute atomic E-state index is 0.430. The standard InChI is InChI=1S/C23H47N3O/c1-20(2)16-26-13-14-27-23(19-26)15-22(4)17-24(5)12-9-21(3)18-25-10-7-6-8-11-25/h20-23H,6-19H2,1-5H3. The van der Waals surface area contributed by atoms with Crippen LogP contribution in [0, 0.1) is 17.8 Å².